The Labute approximate surface area is 151 Å². The van der Waals surface area contributed by atoms with Crippen LogP contribution in [0.5, 0.6) is 0 Å². The lowest BCUT2D eigenvalue weighted by Gasteiger charge is -2.44. The lowest BCUT2D eigenvalue weighted by molar-refractivity contribution is -0.172. The molecule has 0 aromatic carbocycles. The van der Waals surface area contributed by atoms with Gasteiger partial charge in [-0.3, -0.25) is 4.79 Å². The van der Waals surface area contributed by atoms with Crippen LogP contribution in [0.3, 0.4) is 0 Å². The highest BCUT2D eigenvalue weighted by atomic mass is 16.5. The van der Waals surface area contributed by atoms with Gasteiger partial charge in [0.05, 0.1) is 5.41 Å². The van der Waals surface area contributed by atoms with Gasteiger partial charge in [0.25, 0.3) is 0 Å². The van der Waals surface area contributed by atoms with Crippen molar-refractivity contribution in [3.05, 3.63) is 0 Å². The Morgan fingerprint density at radius 2 is 1.29 bits per heavy atom. The summed E-state index contributed by atoms with van der Waals surface area (Å²) in [7, 11) is 0. The Morgan fingerprint density at radius 3 is 1.62 bits per heavy atom. The minimum atomic E-state index is -0.452. The zero-order chi connectivity index (χ0) is 19.0. The first-order valence-electron chi connectivity index (χ1n) is 9.77. The van der Waals surface area contributed by atoms with Gasteiger partial charge in [0.1, 0.15) is 6.10 Å². The fraction of sp³-hybridized carbons (Fsp3) is 0.955. The lowest BCUT2D eigenvalue weighted by Crippen LogP contribution is -2.46. The van der Waals surface area contributed by atoms with Gasteiger partial charge in [-0.2, -0.15) is 0 Å². The molecule has 0 bridgehead atoms. The van der Waals surface area contributed by atoms with Gasteiger partial charge in [0, 0.05) is 0 Å². The van der Waals surface area contributed by atoms with E-state index in [9.17, 15) is 4.79 Å². The van der Waals surface area contributed by atoms with Crippen LogP contribution in [-0.2, 0) is 9.53 Å². The highest BCUT2D eigenvalue weighted by Crippen LogP contribution is 2.48. The predicted molar refractivity (Wildman–Crippen MR) is 103 cm³/mol. The Kier molecular flexibility index (Phi) is 6.27. The highest BCUT2D eigenvalue weighted by Gasteiger charge is 2.48. The van der Waals surface area contributed by atoms with Crippen LogP contribution in [-0.4, -0.2) is 12.1 Å². The van der Waals surface area contributed by atoms with E-state index in [4.69, 9.17) is 4.74 Å². The minimum absolute atomic E-state index is 0.00383. The van der Waals surface area contributed by atoms with Crippen molar-refractivity contribution in [3.63, 3.8) is 0 Å². The molecule has 0 aromatic heterocycles. The topological polar surface area (TPSA) is 26.3 Å². The summed E-state index contributed by atoms with van der Waals surface area (Å²) in [6.45, 7) is 22.2. The summed E-state index contributed by atoms with van der Waals surface area (Å²) in [5, 5.41) is 0. The average Bonchev–Trinajstić information content (AvgIpc) is 2.34. The van der Waals surface area contributed by atoms with Gasteiger partial charge in [-0.15, -0.1) is 0 Å². The Balaban J connectivity index is 2.77. The largest absolute Gasteiger partial charge is 0.462 e. The summed E-state index contributed by atoms with van der Waals surface area (Å²) in [6.07, 6.45) is 5.34. The normalized spacial score (nSPS) is 25.9. The molecule has 0 aromatic rings. The summed E-state index contributed by atoms with van der Waals surface area (Å²) in [5.74, 6) is 0.750. The zero-order valence-electron chi connectivity index (χ0n) is 18.0. The molecule has 1 rings (SSSR count). The van der Waals surface area contributed by atoms with E-state index in [1.807, 2.05) is 0 Å². The molecule has 1 atom stereocenters. The summed E-state index contributed by atoms with van der Waals surface area (Å²) in [5.41, 5.74) is -0.0990. The van der Waals surface area contributed by atoms with Crippen LogP contribution in [0, 0.1) is 27.6 Å². The number of hydrogen-bond acceptors (Lipinski definition) is 2. The van der Waals surface area contributed by atoms with Gasteiger partial charge in [0.2, 0.25) is 0 Å². The quantitative estimate of drug-likeness (QED) is 0.540. The molecule has 0 radical (unpaired) electrons. The molecular formula is C22H42O2. The number of esters is 1. The number of rotatable bonds is 3. The third-order valence-corrected chi connectivity index (χ3v) is 6.16. The van der Waals surface area contributed by atoms with Crippen molar-refractivity contribution in [2.75, 3.05) is 0 Å². The highest BCUT2D eigenvalue weighted by molar-refractivity contribution is 5.77. The molecule has 2 nitrogen and oxygen atoms in total. The second-order valence-electron chi connectivity index (χ2n) is 11.6. The van der Waals surface area contributed by atoms with Crippen molar-refractivity contribution in [3.8, 4) is 0 Å². The van der Waals surface area contributed by atoms with Crippen LogP contribution < -0.4 is 0 Å². The van der Waals surface area contributed by atoms with Crippen molar-refractivity contribution in [2.45, 2.75) is 107 Å². The summed E-state index contributed by atoms with van der Waals surface area (Å²) < 4.78 is 6.05. The Bertz CT molecular complexity index is 422. The third kappa shape index (κ3) is 5.49. The zero-order valence-corrected chi connectivity index (χ0v) is 18.0. The molecule has 1 fully saturated rings. The first kappa shape index (κ1) is 21.5. The van der Waals surface area contributed by atoms with E-state index in [2.05, 4.69) is 69.2 Å². The van der Waals surface area contributed by atoms with Gasteiger partial charge >= 0.3 is 5.97 Å². The Morgan fingerprint density at radius 1 is 0.833 bits per heavy atom. The van der Waals surface area contributed by atoms with Crippen molar-refractivity contribution >= 4 is 5.97 Å². The van der Waals surface area contributed by atoms with E-state index in [0.29, 0.717) is 5.41 Å². The smallest absolute Gasteiger partial charge is 0.312 e. The van der Waals surface area contributed by atoms with Crippen LogP contribution >= 0.6 is 0 Å². The number of carbonyl (C=O) groups is 1. The van der Waals surface area contributed by atoms with Crippen LogP contribution in [0.1, 0.15) is 101 Å². The third-order valence-electron chi connectivity index (χ3n) is 6.16. The maximum atomic E-state index is 13.1. The minimum Gasteiger partial charge on any atom is -0.462 e. The van der Waals surface area contributed by atoms with Crippen molar-refractivity contribution in [2.24, 2.45) is 27.6 Å². The second kappa shape index (κ2) is 7.00. The van der Waals surface area contributed by atoms with E-state index in [1.54, 1.807) is 0 Å². The first-order chi connectivity index (χ1) is 10.6. The van der Waals surface area contributed by atoms with Gasteiger partial charge in [0.15, 0.2) is 0 Å². The average molecular weight is 339 g/mol. The van der Waals surface area contributed by atoms with E-state index in [1.165, 1.54) is 12.8 Å². The Hall–Kier alpha value is -0.530. The molecule has 142 valence electrons. The summed E-state index contributed by atoms with van der Waals surface area (Å²) >= 11 is 0. The molecule has 24 heavy (non-hydrogen) atoms. The maximum Gasteiger partial charge on any atom is 0.312 e. The fourth-order valence-corrected chi connectivity index (χ4v) is 4.03. The molecule has 1 saturated carbocycles. The van der Waals surface area contributed by atoms with E-state index >= 15 is 0 Å². The van der Waals surface area contributed by atoms with E-state index in [-0.39, 0.29) is 22.9 Å². The molecule has 1 aliphatic rings. The molecule has 0 aliphatic heterocycles. The van der Waals surface area contributed by atoms with Crippen molar-refractivity contribution < 1.29 is 9.53 Å². The molecule has 0 amide bonds. The van der Waals surface area contributed by atoms with Crippen LogP contribution in [0.15, 0.2) is 0 Å². The second-order valence-corrected chi connectivity index (χ2v) is 11.6. The monoisotopic (exact) mass is 338 g/mol. The summed E-state index contributed by atoms with van der Waals surface area (Å²) in [6, 6.07) is 0. The van der Waals surface area contributed by atoms with Gasteiger partial charge in [-0.1, -0.05) is 62.3 Å². The number of hydrogen-bond donors (Lipinski definition) is 0. The molecule has 1 unspecified atom stereocenters. The molecule has 0 N–H and O–H groups in total. The van der Waals surface area contributed by atoms with E-state index < -0.39 is 5.41 Å². The molecule has 0 spiro atoms. The maximum absolute atomic E-state index is 13.1. The molecular weight excluding hydrogens is 296 g/mol. The predicted octanol–water partition coefficient (Wildman–Crippen LogP) is 6.62. The molecule has 2 heteroatoms. The number of ether oxygens (including phenoxy) is 1. The molecule has 0 saturated heterocycles. The van der Waals surface area contributed by atoms with Gasteiger partial charge in [-0.05, 0) is 61.2 Å². The van der Waals surface area contributed by atoms with Crippen molar-refractivity contribution in [1.82, 2.24) is 0 Å². The van der Waals surface area contributed by atoms with Crippen LogP contribution in [0.2, 0.25) is 0 Å². The lowest BCUT2D eigenvalue weighted by atomic mass is 9.61. The fourth-order valence-electron chi connectivity index (χ4n) is 4.03. The molecule has 1 aliphatic carbocycles. The van der Waals surface area contributed by atoms with Gasteiger partial charge < -0.3 is 4.74 Å². The standard InChI is InChI=1S/C22H42O2/c1-19(2,3)15-22(10,21(7,8)9)18(23)24-17-13-11-16(12-14-17)20(4,5)6/h16-17H,11-15H2,1-10H3. The van der Waals surface area contributed by atoms with E-state index in [0.717, 1.165) is 25.2 Å². The molecule has 0 heterocycles. The van der Waals surface area contributed by atoms with Gasteiger partial charge in [-0.25, -0.2) is 0 Å². The van der Waals surface area contributed by atoms with Crippen molar-refractivity contribution in [1.29, 1.82) is 0 Å². The SMILES string of the molecule is CC(C)(C)CC(C)(C(=O)OC1CCC(C(C)(C)C)CC1)C(C)(C)C. The van der Waals surface area contributed by atoms with Crippen LogP contribution in [0.4, 0.5) is 0 Å². The first-order valence-corrected chi connectivity index (χ1v) is 9.77. The van der Waals surface area contributed by atoms with Crippen LogP contribution in [0.25, 0.3) is 0 Å². The number of carbonyl (C=O) groups excluding carboxylic acids is 1. The summed E-state index contributed by atoms with van der Waals surface area (Å²) in [4.78, 5) is 13.1.